The summed E-state index contributed by atoms with van der Waals surface area (Å²) < 4.78 is 16.7. The summed E-state index contributed by atoms with van der Waals surface area (Å²) in [5.74, 6) is 0. The lowest BCUT2D eigenvalue weighted by Crippen LogP contribution is -2.14. The van der Waals surface area contributed by atoms with E-state index >= 15 is 0 Å². The van der Waals surface area contributed by atoms with Crippen LogP contribution in [0.2, 0.25) is 0 Å². The van der Waals surface area contributed by atoms with Gasteiger partial charge in [0, 0.05) is 53.7 Å². The monoisotopic (exact) mass is 799 g/mol. The molecule has 3 aromatic heterocycles. The molecular weight excluding hydrogens is 763 g/mol. The van der Waals surface area contributed by atoms with Gasteiger partial charge in [-0.3, -0.25) is 0 Å². The molecule has 0 fully saturated rings. The number of benzene rings is 9. The van der Waals surface area contributed by atoms with Gasteiger partial charge in [0.15, 0.2) is 5.58 Å². The first kappa shape index (κ1) is 34.5. The van der Waals surface area contributed by atoms with Gasteiger partial charge >= 0.3 is 0 Å². The van der Waals surface area contributed by atoms with Crippen LogP contribution in [0.15, 0.2) is 197 Å². The first-order valence-electron chi connectivity index (χ1n) is 20.9. The number of anilines is 3. The van der Waals surface area contributed by atoms with Crippen molar-refractivity contribution in [3.63, 3.8) is 0 Å². The highest BCUT2D eigenvalue weighted by Crippen LogP contribution is 2.53. The highest BCUT2D eigenvalue weighted by atomic mass is 32.1. The van der Waals surface area contributed by atoms with E-state index in [1.165, 1.54) is 48.0 Å². The minimum atomic E-state index is -0.156. The van der Waals surface area contributed by atoms with Crippen molar-refractivity contribution >= 4 is 92.4 Å². The molecule has 0 spiro atoms. The summed E-state index contributed by atoms with van der Waals surface area (Å²) in [7, 11) is 0. The first-order valence-corrected chi connectivity index (χ1v) is 21.7. The second kappa shape index (κ2) is 12.8. The second-order valence-corrected chi connectivity index (χ2v) is 17.8. The van der Waals surface area contributed by atoms with E-state index in [0.29, 0.717) is 0 Å². The Morgan fingerprint density at radius 1 is 0.443 bits per heavy atom. The van der Waals surface area contributed by atoms with Gasteiger partial charge in [-0.1, -0.05) is 153 Å². The molecule has 0 saturated heterocycles. The number of nitrogens with zero attached hydrogens (tertiary/aromatic N) is 1. The van der Waals surface area contributed by atoms with Crippen LogP contribution >= 0.6 is 11.3 Å². The predicted octanol–water partition coefficient (Wildman–Crippen LogP) is 17.0. The fourth-order valence-electron chi connectivity index (χ4n) is 10.2. The van der Waals surface area contributed by atoms with Gasteiger partial charge in [0.25, 0.3) is 0 Å². The molecule has 1 aliphatic rings. The Balaban J connectivity index is 1.11. The zero-order valence-corrected chi connectivity index (χ0v) is 34.4. The molecule has 13 rings (SSSR count). The van der Waals surface area contributed by atoms with Gasteiger partial charge in [-0.2, -0.15) is 0 Å². The van der Waals surface area contributed by atoms with Crippen LogP contribution in [-0.2, 0) is 5.41 Å². The van der Waals surface area contributed by atoms with E-state index in [9.17, 15) is 0 Å². The van der Waals surface area contributed by atoms with Gasteiger partial charge in [-0.05, 0) is 87.5 Å². The smallest absolute Gasteiger partial charge is 0.159 e. The van der Waals surface area contributed by atoms with Crippen LogP contribution in [0.25, 0.3) is 97.4 Å². The molecular formula is C57H37NO2S. The zero-order valence-electron chi connectivity index (χ0n) is 33.6. The van der Waals surface area contributed by atoms with Crippen LogP contribution in [-0.4, -0.2) is 0 Å². The molecule has 0 amide bonds. The van der Waals surface area contributed by atoms with E-state index in [1.807, 2.05) is 17.4 Å². The summed E-state index contributed by atoms with van der Waals surface area (Å²) in [6.45, 7) is 4.69. The second-order valence-electron chi connectivity index (χ2n) is 16.8. The lowest BCUT2D eigenvalue weighted by atomic mass is 9.81. The molecule has 61 heavy (non-hydrogen) atoms. The van der Waals surface area contributed by atoms with E-state index in [2.05, 4.69) is 201 Å². The van der Waals surface area contributed by atoms with Gasteiger partial charge in [-0.25, -0.2) is 0 Å². The lowest BCUT2D eigenvalue weighted by Gasteiger charge is -2.26. The van der Waals surface area contributed by atoms with E-state index in [4.69, 9.17) is 8.83 Å². The minimum Gasteiger partial charge on any atom is -0.456 e. The Hall–Kier alpha value is -7.40. The summed E-state index contributed by atoms with van der Waals surface area (Å²) in [6, 6.07) is 67.9. The molecule has 0 saturated carbocycles. The number of thiophene rings is 1. The van der Waals surface area contributed by atoms with Crippen molar-refractivity contribution in [1.82, 2.24) is 0 Å². The average molecular weight is 800 g/mol. The fourth-order valence-corrected chi connectivity index (χ4v) is 11.4. The normalized spacial score (nSPS) is 13.2. The largest absolute Gasteiger partial charge is 0.456 e. The Bertz CT molecular complexity index is 3750. The van der Waals surface area contributed by atoms with Gasteiger partial charge in [0.2, 0.25) is 0 Å². The quantitative estimate of drug-likeness (QED) is 0.174. The molecule has 0 radical (unpaired) electrons. The van der Waals surface area contributed by atoms with Crippen molar-refractivity contribution in [3.05, 3.63) is 199 Å². The minimum absolute atomic E-state index is 0.156. The van der Waals surface area contributed by atoms with E-state index in [-0.39, 0.29) is 5.41 Å². The molecule has 0 unspecified atom stereocenters. The van der Waals surface area contributed by atoms with Crippen LogP contribution in [0, 0.1) is 0 Å². The molecule has 0 N–H and O–H groups in total. The summed E-state index contributed by atoms with van der Waals surface area (Å²) >= 11 is 1.84. The van der Waals surface area contributed by atoms with Gasteiger partial charge in [-0.15, -0.1) is 11.3 Å². The molecule has 9 aromatic carbocycles. The van der Waals surface area contributed by atoms with Crippen molar-refractivity contribution < 1.29 is 8.83 Å². The number of rotatable bonds is 5. The molecule has 0 atom stereocenters. The maximum Gasteiger partial charge on any atom is 0.159 e. The molecule has 3 heterocycles. The third-order valence-corrected chi connectivity index (χ3v) is 14.3. The third kappa shape index (κ3) is 4.97. The van der Waals surface area contributed by atoms with E-state index in [1.54, 1.807) is 0 Å². The van der Waals surface area contributed by atoms with Crippen LogP contribution in [0.4, 0.5) is 17.1 Å². The molecule has 0 bridgehead atoms. The molecule has 288 valence electrons. The van der Waals surface area contributed by atoms with Gasteiger partial charge < -0.3 is 13.7 Å². The van der Waals surface area contributed by atoms with Gasteiger partial charge in [0.05, 0.1) is 16.1 Å². The Labute approximate surface area is 356 Å². The molecule has 1 aliphatic carbocycles. The first-order chi connectivity index (χ1) is 30.0. The van der Waals surface area contributed by atoms with Crippen molar-refractivity contribution in [2.24, 2.45) is 0 Å². The zero-order chi connectivity index (χ0) is 40.4. The SMILES string of the molecule is CC1(C)c2ccccc2-c2ccc(-c3c4oc5c(N(c6cccc(-c7ccccc7)c6)c6cccc7c6sc6ccccc67)cccc5c4cc4oc5ccccc5c34)cc21. The fraction of sp³-hybridized carbons (Fsp3) is 0.0526. The number of hydrogen-bond donors (Lipinski definition) is 0. The lowest BCUT2D eigenvalue weighted by molar-refractivity contribution is 0.660. The highest BCUT2D eigenvalue weighted by molar-refractivity contribution is 7.26. The number of para-hydroxylation sites is 2. The third-order valence-electron chi connectivity index (χ3n) is 13.1. The van der Waals surface area contributed by atoms with E-state index in [0.717, 1.165) is 77.6 Å². The Morgan fingerprint density at radius 3 is 2.05 bits per heavy atom. The van der Waals surface area contributed by atoms with Crippen LogP contribution in [0.1, 0.15) is 25.0 Å². The molecule has 12 aromatic rings. The van der Waals surface area contributed by atoms with Crippen LogP contribution < -0.4 is 4.90 Å². The van der Waals surface area contributed by atoms with Crippen molar-refractivity contribution in [1.29, 1.82) is 0 Å². The average Bonchev–Trinajstić information content (AvgIpc) is 4.05. The maximum absolute atomic E-state index is 7.46. The van der Waals surface area contributed by atoms with Gasteiger partial charge in [0.1, 0.15) is 16.7 Å². The standard InChI is InChI=1S/C57H37NO2S/c1-57(2)45-24-9-6-19-38(45)39-30-29-36(32-46(39)57)52-53-43-21-7-10-27-49(43)59-50(53)33-44-41-22-13-25-47(54(41)60-55(44)52)58(37-18-12-17-35(31-37)34-15-4-3-5-16-34)48-26-14-23-42-40-20-8-11-28-51(40)61-56(42)48/h3-33H,1-2H3. The Morgan fingerprint density at radius 2 is 1.15 bits per heavy atom. The topological polar surface area (TPSA) is 29.5 Å². The maximum atomic E-state index is 7.46. The predicted molar refractivity (Wildman–Crippen MR) is 257 cm³/mol. The van der Waals surface area contributed by atoms with Crippen molar-refractivity contribution in [3.8, 4) is 33.4 Å². The van der Waals surface area contributed by atoms with Crippen LogP contribution in [0.5, 0.6) is 0 Å². The van der Waals surface area contributed by atoms with Crippen LogP contribution in [0.3, 0.4) is 0 Å². The van der Waals surface area contributed by atoms with Crippen molar-refractivity contribution in [2.45, 2.75) is 19.3 Å². The summed E-state index contributed by atoms with van der Waals surface area (Å²) in [5, 5.41) is 6.73. The Kier molecular flexibility index (Phi) is 7.23. The van der Waals surface area contributed by atoms with E-state index < -0.39 is 0 Å². The molecule has 3 nitrogen and oxygen atoms in total. The molecule has 0 aliphatic heterocycles. The van der Waals surface area contributed by atoms with Crippen molar-refractivity contribution in [2.75, 3.05) is 4.90 Å². The molecule has 4 heteroatoms. The number of furan rings is 2. The number of hydrogen-bond acceptors (Lipinski definition) is 4. The summed E-state index contributed by atoms with van der Waals surface area (Å²) in [4.78, 5) is 2.41. The number of fused-ring (bicyclic) bond motifs is 12. The summed E-state index contributed by atoms with van der Waals surface area (Å²) in [5.41, 5.74) is 16.2. The highest BCUT2D eigenvalue weighted by Gasteiger charge is 2.36. The summed E-state index contributed by atoms with van der Waals surface area (Å²) in [6.07, 6.45) is 0.